The van der Waals surface area contributed by atoms with E-state index in [2.05, 4.69) is 20.5 Å². The van der Waals surface area contributed by atoms with Crippen LogP contribution in [0.2, 0.25) is 0 Å². The maximum absolute atomic E-state index is 12.0. The second kappa shape index (κ2) is 7.09. The largest absolute Gasteiger partial charge is 0.385 e. The van der Waals surface area contributed by atoms with Crippen molar-refractivity contribution >= 4 is 11.6 Å². The SMILES string of the molecule is CCNc1ccnc(C(=O)NCCN2CCCC2)c1. The Morgan fingerprint density at radius 2 is 2.21 bits per heavy atom. The van der Waals surface area contributed by atoms with E-state index in [9.17, 15) is 4.79 Å². The van der Waals surface area contributed by atoms with E-state index in [0.29, 0.717) is 12.2 Å². The van der Waals surface area contributed by atoms with Gasteiger partial charge in [-0.3, -0.25) is 9.78 Å². The summed E-state index contributed by atoms with van der Waals surface area (Å²) in [5.41, 5.74) is 1.40. The lowest BCUT2D eigenvalue weighted by molar-refractivity contribution is 0.0945. The number of amides is 1. The van der Waals surface area contributed by atoms with Crippen molar-refractivity contribution in [3.63, 3.8) is 0 Å². The van der Waals surface area contributed by atoms with E-state index in [-0.39, 0.29) is 5.91 Å². The van der Waals surface area contributed by atoms with Gasteiger partial charge in [0.25, 0.3) is 5.91 Å². The molecular formula is C14H22N4O. The van der Waals surface area contributed by atoms with E-state index in [4.69, 9.17) is 0 Å². The number of carbonyl (C=O) groups excluding carboxylic acids is 1. The number of anilines is 1. The third-order valence-electron chi connectivity index (χ3n) is 3.29. The van der Waals surface area contributed by atoms with Gasteiger partial charge >= 0.3 is 0 Å². The van der Waals surface area contributed by atoms with Gasteiger partial charge in [0.2, 0.25) is 0 Å². The number of hydrogen-bond donors (Lipinski definition) is 2. The zero-order chi connectivity index (χ0) is 13.5. The van der Waals surface area contributed by atoms with Gasteiger partial charge in [-0.15, -0.1) is 0 Å². The number of pyridine rings is 1. The van der Waals surface area contributed by atoms with Crippen LogP contribution in [0.3, 0.4) is 0 Å². The summed E-state index contributed by atoms with van der Waals surface area (Å²) in [6, 6.07) is 3.65. The molecule has 1 aliphatic heterocycles. The molecule has 0 aromatic carbocycles. The number of hydrogen-bond acceptors (Lipinski definition) is 4. The van der Waals surface area contributed by atoms with Crippen LogP contribution in [0.5, 0.6) is 0 Å². The number of carbonyl (C=O) groups is 1. The molecule has 1 aromatic heterocycles. The highest BCUT2D eigenvalue weighted by Gasteiger charge is 2.12. The molecule has 5 heteroatoms. The van der Waals surface area contributed by atoms with Gasteiger partial charge in [0.1, 0.15) is 5.69 Å². The molecule has 2 N–H and O–H groups in total. The quantitative estimate of drug-likeness (QED) is 0.812. The van der Waals surface area contributed by atoms with Gasteiger partial charge in [0.15, 0.2) is 0 Å². The average Bonchev–Trinajstić information content (AvgIpc) is 2.92. The number of nitrogens with one attached hydrogen (secondary N) is 2. The summed E-state index contributed by atoms with van der Waals surface area (Å²) in [4.78, 5) is 18.4. The fourth-order valence-electron chi connectivity index (χ4n) is 2.29. The number of rotatable bonds is 6. The molecule has 0 saturated carbocycles. The van der Waals surface area contributed by atoms with Crippen molar-refractivity contribution in [1.29, 1.82) is 0 Å². The van der Waals surface area contributed by atoms with Crippen molar-refractivity contribution in [2.45, 2.75) is 19.8 Å². The maximum Gasteiger partial charge on any atom is 0.269 e. The highest BCUT2D eigenvalue weighted by atomic mass is 16.1. The van der Waals surface area contributed by atoms with Crippen molar-refractivity contribution < 1.29 is 4.79 Å². The Bertz CT molecular complexity index is 416. The molecule has 0 atom stereocenters. The molecule has 1 amide bonds. The summed E-state index contributed by atoms with van der Waals surface area (Å²) in [5.74, 6) is -0.0982. The molecule has 2 heterocycles. The lowest BCUT2D eigenvalue weighted by Crippen LogP contribution is -2.33. The molecule has 1 saturated heterocycles. The summed E-state index contributed by atoms with van der Waals surface area (Å²) in [6.45, 7) is 6.79. The monoisotopic (exact) mass is 262 g/mol. The summed E-state index contributed by atoms with van der Waals surface area (Å²) >= 11 is 0. The smallest absolute Gasteiger partial charge is 0.269 e. The minimum absolute atomic E-state index is 0.0982. The topological polar surface area (TPSA) is 57.3 Å². The zero-order valence-corrected chi connectivity index (χ0v) is 11.5. The highest BCUT2D eigenvalue weighted by Crippen LogP contribution is 2.08. The number of aromatic nitrogens is 1. The van der Waals surface area contributed by atoms with Crippen molar-refractivity contribution in [2.24, 2.45) is 0 Å². The van der Waals surface area contributed by atoms with E-state index in [1.807, 2.05) is 13.0 Å². The number of likely N-dealkylation sites (tertiary alicyclic amines) is 1. The molecule has 19 heavy (non-hydrogen) atoms. The molecule has 0 radical (unpaired) electrons. The Kier molecular flexibility index (Phi) is 5.15. The molecular weight excluding hydrogens is 240 g/mol. The summed E-state index contributed by atoms with van der Waals surface area (Å²) < 4.78 is 0. The van der Waals surface area contributed by atoms with Crippen LogP contribution in [0.15, 0.2) is 18.3 Å². The lowest BCUT2D eigenvalue weighted by Gasteiger charge is -2.14. The molecule has 1 aromatic rings. The fraction of sp³-hybridized carbons (Fsp3) is 0.571. The van der Waals surface area contributed by atoms with Crippen LogP contribution in [-0.4, -0.2) is 48.5 Å². The Morgan fingerprint density at radius 3 is 2.95 bits per heavy atom. The molecule has 0 aliphatic carbocycles. The van der Waals surface area contributed by atoms with Crippen LogP contribution >= 0.6 is 0 Å². The molecule has 0 bridgehead atoms. The molecule has 1 aliphatic rings. The Morgan fingerprint density at radius 1 is 1.42 bits per heavy atom. The van der Waals surface area contributed by atoms with Crippen molar-refractivity contribution in [2.75, 3.05) is 38.0 Å². The molecule has 104 valence electrons. The third-order valence-corrected chi connectivity index (χ3v) is 3.29. The Balaban J connectivity index is 1.79. The van der Waals surface area contributed by atoms with Gasteiger partial charge in [-0.1, -0.05) is 0 Å². The second-order valence-electron chi connectivity index (χ2n) is 4.76. The summed E-state index contributed by atoms with van der Waals surface area (Å²) in [6.07, 6.45) is 4.22. The van der Waals surface area contributed by atoms with Gasteiger partial charge in [-0.25, -0.2) is 0 Å². The first-order valence-electron chi connectivity index (χ1n) is 7.00. The standard InChI is InChI=1S/C14H22N4O/c1-2-15-12-5-6-16-13(11-12)14(19)17-7-10-18-8-3-4-9-18/h5-6,11H,2-4,7-10H2,1H3,(H,15,16)(H,17,19). The number of nitrogens with zero attached hydrogens (tertiary/aromatic N) is 2. The van der Waals surface area contributed by atoms with Gasteiger partial charge < -0.3 is 15.5 Å². The lowest BCUT2D eigenvalue weighted by atomic mass is 10.3. The van der Waals surface area contributed by atoms with Crippen LogP contribution in [0, 0.1) is 0 Å². The first kappa shape index (κ1) is 13.8. The molecule has 0 unspecified atom stereocenters. The normalized spacial score (nSPS) is 15.4. The molecule has 0 spiro atoms. The second-order valence-corrected chi connectivity index (χ2v) is 4.76. The average molecular weight is 262 g/mol. The van der Waals surface area contributed by atoms with E-state index < -0.39 is 0 Å². The van der Waals surface area contributed by atoms with Crippen LogP contribution < -0.4 is 10.6 Å². The van der Waals surface area contributed by atoms with Crippen LogP contribution in [0.25, 0.3) is 0 Å². The van der Waals surface area contributed by atoms with Crippen molar-refractivity contribution in [3.8, 4) is 0 Å². The van der Waals surface area contributed by atoms with Gasteiger partial charge in [-0.2, -0.15) is 0 Å². The van der Waals surface area contributed by atoms with E-state index >= 15 is 0 Å². The first-order chi connectivity index (χ1) is 9.29. The first-order valence-corrected chi connectivity index (χ1v) is 7.00. The third kappa shape index (κ3) is 4.21. The minimum Gasteiger partial charge on any atom is -0.385 e. The molecule has 1 fully saturated rings. The summed E-state index contributed by atoms with van der Waals surface area (Å²) in [7, 11) is 0. The van der Waals surface area contributed by atoms with E-state index in [1.54, 1.807) is 12.3 Å². The van der Waals surface area contributed by atoms with Crippen LogP contribution in [0.1, 0.15) is 30.3 Å². The predicted octanol–water partition coefficient (Wildman–Crippen LogP) is 1.34. The highest BCUT2D eigenvalue weighted by molar-refractivity contribution is 5.93. The molecule has 2 rings (SSSR count). The Hall–Kier alpha value is -1.62. The van der Waals surface area contributed by atoms with Crippen LogP contribution in [0.4, 0.5) is 5.69 Å². The van der Waals surface area contributed by atoms with Gasteiger partial charge in [0, 0.05) is 31.5 Å². The van der Waals surface area contributed by atoms with E-state index in [0.717, 1.165) is 31.9 Å². The van der Waals surface area contributed by atoms with Crippen LogP contribution in [-0.2, 0) is 0 Å². The summed E-state index contributed by atoms with van der Waals surface area (Å²) in [5, 5.41) is 6.10. The minimum atomic E-state index is -0.0982. The molecule has 5 nitrogen and oxygen atoms in total. The van der Waals surface area contributed by atoms with E-state index in [1.165, 1.54) is 12.8 Å². The Labute approximate surface area is 114 Å². The van der Waals surface area contributed by atoms with Gasteiger partial charge in [-0.05, 0) is 45.0 Å². The fourth-order valence-corrected chi connectivity index (χ4v) is 2.29. The van der Waals surface area contributed by atoms with Crippen molar-refractivity contribution in [1.82, 2.24) is 15.2 Å². The van der Waals surface area contributed by atoms with Crippen molar-refractivity contribution in [3.05, 3.63) is 24.0 Å². The van der Waals surface area contributed by atoms with Gasteiger partial charge in [0.05, 0.1) is 0 Å². The predicted molar refractivity (Wildman–Crippen MR) is 76.4 cm³/mol. The zero-order valence-electron chi connectivity index (χ0n) is 11.5. The maximum atomic E-state index is 12.0.